The molecule has 1 unspecified atom stereocenters. The van der Waals surface area contributed by atoms with Gasteiger partial charge in [0.05, 0.1) is 12.0 Å². The van der Waals surface area contributed by atoms with Crippen LogP contribution in [0.1, 0.15) is 34.8 Å². The lowest BCUT2D eigenvalue weighted by atomic mass is 10.2. The van der Waals surface area contributed by atoms with Crippen LogP contribution in [0.4, 0.5) is 0 Å². The number of carbonyl (C=O) groups is 2. The fourth-order valence-electron chi connectivity index (χ4n) is 2.61. The van der Waals surface area contributed by atoms with Crippen LogP contribution in [0.5, 0.6) is 0 Å². The predicted molar refractivity (Wildman–Crippen MR) is 102 cm³/mol. The van der Waals surface area contributed by atoms with Crippen molar-refractivity contribution in [2.24, 2.45) is 0 Å². The van der Waals surface area contributed by atoms with E-state index in [4.69, 9.17) is 4.42 Å². The van der Waals surface area contributed by atoms with Gasteiger partial charge in [0.15, 0.2) is 5.76 Å². The van der Waals surface area contributed by atoms with Crippen molar-refractivity contribution in [3.63, 3.8) is 0 Å². The van der Waals surface area contributed by atoms with Crippen LogP contribution in [0.2, 0.25) is 0 Å². The van der Waals surface area contributed by atoms with E-state index in [1.807, 2.05) is 30.9 Å². The minimum atomic E-state index is -0.575. The van der Waals surface area contributed by atoms with Crippen LogP contribution in [0, 0.1) is 13.8 Å². The fraction of sp³-hybridized carbons (Fsp3) is 0.500. The van der Waals surface area contributed by atoms with Crippen molar-refractivity contribution in [2.75, 3.05) is 18.6 Å². The van der Waals surface area contributed by atoms with Gasteiger partial charge in [0.25, 0.3) is 5.91 Å². The lowest BCUT2D eigenvalue weighted by Crippen LogP contribution is -2.47. The SMILES string of the molecule is CSCCC(NC(=O)c1ccco1)C(=O)NCCCn1nc(C)cc1C. The van der Waals surface area contributed by atoms with Crippen molar-refractivity contribution < 1.29 is 14.0 Å². The maximum atomic E-state index is 12.4. The van der Waals surface area contributed by atoms with E-state index in [9.17, 15) is 9.59 Å². The van der Waals surface area contributed by atoms with Crippen LogP contribution in [0.3, 0.4) is 0 Å². The van der Waals surface area contributed by atoms with E-state index in [1.165, 1.54) is 6.26 Å². The average molecular weight is 378 g/mol. The van der Waals surface area contributed by atoms with Gasteiger partial charge < -0.3 is 15.1 Å². The second-order valence-electron chi connectivity index (χ2n) is 6.08. The highest BCUT2D eigenvalue weighted by atomic mass is 32.2. The first-order valence-corrected chi connectivity index (χ1v) is 10.0. The van der Waals surface area contributed by atoms with Crippen LogP contribution in [-0.4, -0.2) is 46.2 Å². The van der Waals surface area contributed by atoms with Crippen LogP contribution in [0.15, 0.2) is 28.9 Å². The van der Waals surface area contributed by atoms with E-state index in [0.717, 1.165) is 30.1 Å². The largest absolute Gasteiger partial charge is 0.459 e. The van der Waals surface area contributed by atoms with Gasteiger partial charge >= 0.3 is 0 Å². The van der Waals surface area contributed by atoms with Crippen LogP contribution < -0.4 is 10.6 Å². The third kappa shape index (κ3) is 5.94. The van der Waals surface area contributed by atoms with E-state index in [2.05, 4.69) is 15.7 Å². The second kappa shape index (κ2) is 10.1. The summed E-state index contributed by atoms with van der Waals surface area (Å²) >= 11 is 1.64. The molecule has 7 nitrogen and oxygen atoms in total. The first-order valence-electron chi connectivity index (χ1n) is 8.63. The Balaban J connectivity index is 1.81. The van der Waals surface area contributed by atoms with Crippen molar-refractivity contribution in [2.45, 2.75) is 39.3 Å². The molecule has 142 valence electrons. The molecule has 2 amide bonds. The molecule has 2 aromatic rings. The number of rotatable bonds is 10. The molecular weight excluding hydrogens is 352 g/mol. The number of nitrogens with one attached hydrogen (secondary N) is 2. The maximum absolute atomic E-state index is 12.4. The van der Waals surface area contributed by atoms with Crippen LogP contribution in [0.25, 0.3) is 0 Å². The summed E-state index contributed by atoms with van der Waals surface area (Å²) in [4.78, 5) is 24.6. The molecule has 2 rings (SSSR count). The summed E-state index contributed by atoms with van der Waals surface area (Å²) in [7, 11) is 0. The van der Waals surface area contributed by atoms with Crippen molar-refractivity contribution >= 4 is 23.6 Å². The Hall–Kier alpha value is -2.22. The molecular formula is C18H26N4O3S. The summed E-state index contributed by atoms with van der Waals surface area (Å²) in [5.74, 6) is 0.435. The highest BCUT2D eigenvalue weighted by molar-refractivity contribution is 7.98. The van der Waals surface area contributed by atoms with E-state index in [0.29, 0.717) is 13.0 Å². The number of thioether (sulfide) groups is 1. The van der Waals surface area contributed by atoms with E-state index >= 15 is 0 Å². The van der Waals surface area contributed by atoms with E-state index in [1.54, 1.807) is 23.9 Å². The van der Waals surface area contributed by atoms with Crippen molar-refractivity contribution in [3.05, 3.63) is 41.6 Å². The highest BCUT2D eigenvalue weighted by Crippen LogP contribution is 2.05. The van der Waals surface area contributed by atoms with Gasteiger partial charge in [-0.05, 0) is 56.9 Å². The Bertz CT molecular complexity index is 712. The van der Waals surface area contributed by atoms with E-state index < -0.39 is 6.04 Å². The quantitative estimate of drug-likeness (QED) is 0.619. The Morgan fingerprint density at radius 2 is 2.19 bits per heavy atom. The summed E-state index contributed by atoms with van der Waals surface area (Å²) in [6.45, 7) is 5.25. The molecule has 0 radical (unpaired) electrons. The molecule has 0 saturated carbocycles. The normalized spacial score (nSPS) is 12.0. The van der Waals surface area contributed by atoms with Gasteiger partial charge in [-0.25, -0.2) is 0 Å². The zero-order valence-electron chi connectivity index (χ0n) is 15.4. The van der Waals surface area contributed by atoms with Gasteiger partial charge in [0.2, 0.25) is 5.91 Å². The molecule has 0 aromatic carbocycles. The minimum Gasteiger partial charge on any atom is -0.459 e. The number of hydrogen-bond acceptors (Lipinski definition) is 5. The first kappa shape index (κ1) is 20.1. The zero-order chi connectivity index (χ0) is 18.9. The zero-order valence-corrected chi connectivity index (χ0v) is 16.3. The second-order valence-corrected chi connectivity index (χ2v) is 7.07. The fourth-order valence-corrected chi connectivity index (χ4v) is 3.08. The number of furan rings is 1. The summed E-state index contributed by atoms with van der Waals surface area (Å²) in [6.07, 6.45) is 4.74. The maximum Gasteiger partial charge on any atom is 0.287 e. The molecule has 0 bridgehead atoms. The highest BCUT2D eigenvalue weighted by Gasteiger charge is 2.21. The van der Waals surface area contributed by atoms with Gasteiger partial charge in [-0.3, -0.25) is 14.3 Å². The number of amides is 2. The molecule has 1 atom stereocenters. The van der Waals surface area contributed by atoms with Crippen molar-refractivity contribution in [3.8, 4) is 0 Å². The van der Waals surface area contributed by atoms with Gasteiger partial charge in [0, 0.05) is 18.8 Å². The first-order chi connectivity index (χ1) is 12.5. The standard InChI is InChI=1S/C18H26N4O3S/c1-13-12-14(2)22(21-13)9-5-8-19-17(23)15(7-11-26-3)20-18(24)16-6-4-10-25-16/h4,6,10,12,15H,5,7-9,11H2,1-3H3,(H,19,23)(H,20,24). The molecule has 0 saturated heterocycles. The van der Waals surface area contributed by atoms with Gasteiger partial charge in [-0.2, -0.15) is 16.9 Å². The van der Waals surface area contributed by atoms with Gasteiger partial charge in [-0.1, -0.05) is 0 Å². The molecule has 2 N–H and O–H groups in total. The van der Waals surface area contributed by atoms with Gasteiger partial charge in [0.1, 0.15) is 6.04 Å². The summed E-state index contributed by atoms with van der Waals surface area (Å²) in [5, 5.41) is 10.1. The van der Waals surface area contributed by atoms with Gasteiger partial charge in [-0.15, -0.1) is 0 Å². The third-order valence-corrected chi connectivity index (χ3v) is 4.57. The lowest BCUT2D eigenvalue weighted by molar-refractivity contribution is -0.123. The molecule has 0 spiro atoms. The molecule has 0 fully saturated rings. The number of hydrogen-bond donors (Lipinski definition) is 2. The number of aromatic nitrogens is 2. The van der Waals surface area contributed by atoms with Crippen molar-refractivity contribution in [1.82, 2.24) is 20.4 Å². The molecule has 26 heavy (non-hydrogen) atoms. The Kier molecular flexibility index (Phi) is 7.77. The molecule has 2 aromatic heterocycles. The smallest absolute Gasteiger partial charge is 0.287 e. The van der Waals surface area contributed by atoms with Crippen LogP contribution >= 0.6 is 11.8 Å². The summed E-state index contributed by atoms with van der Waals surface area (Å²) in [6, 6.07) is 4.67. The predicted octanol–water partition coefficient (Wildman–Crippen LogP) is 2.15. The molecule has 2 heterocycles. The number of nitrogens with zero attached hydrogens (tertiary/aromatic N) is 2. The lowest BCUT2D eigenvalue weighted by Gasteiger charge is -2.17. The minimum absolute atomic E-state index is 0.174. The number of carbonyl (C=O) groups excluding carboxylic acids is 2. The molecule has 0 aliphatic rings. The van der Waals surface area contributed by atoms with Crippen LogP contribution in [-0.2, 0) is 11.3 Å². The average Bonchev–Trinajstić information content (AvgIpc) is 3.25. The molecule has 0 aliphatic carbocycles. The summed E-state index contributed by atoms with van der Waals surface area (Å²) < 4.78 is 7.02. The Morgan fingerprint density at radius 3 is 2.81 bits per heavy atom. The van der Waals surface area contributed by atoms with Crippen molar-refractivity contribution in [1.29, 1.82) is 0 Å². The Morgan fingerprint density at radius 1 is 1.38 bits per heavy atom. The topological polar surface area (TPSA) is 89.2 Å². The monoisotopic (exact) mass is 378 g/mol. The van der Waals surface area contributed by atoms with E-state index in [-0.39, 0.29) is 17.6 Å². The Labute approximate surface area is 157 Å². The molecule has 8 heteroatoms. The molecule has 0 aliphatic heterocycles. The summed E-state index contributed by atoms with van der Waals surface area (Å²) in [5.41, 5.74) is 2.10. The number of aryl methyl sites for hydroxylation is 3. The third-order valence-electron chi connectivity index (χ3n) is 3.93.